The highest BCUT2D eigenvalue weighted by atomic mass is 16.6. The fraction of sp³-hybridized carbons (Fsp3) is 0.250. The highest BCUT2D eigenvalue weighted by Gasteiger charge is 2.30. The van der Waals surface area contributed by atoms with Crippen LogP contribution in [0.1, 0.15) is 61.5 Å². The number of fused-ring (bicyclic) bond motifs is 1. The first-order valence-corrected chi connectivity index (χ1v) is 11.5. The molecule has 34 heavy (non-hydrogen) atoms. The van der Waals surface area contributed by atoms with Gasteiger partial charge in [0.2, 0.25) is 0 Å². The minimum absolute atomic E-state index is 0.129. The van der Waals surface area contributed by atoms with Crippen molar-refractivity contribution >= 4 is 17.8 Å². The van der Waals surface area contributed by atoms with Gasteiger partial charge in [0.15, 0.2) is 0 Å². The van der Waals surface area contributed by atoms with E-state index >= 15 is 0 Å². The van der Waals surface area contributed by atoms with E-state index in [1.54, 1.807) is 0 Å². The second kappa shape index (κ2) is 11.3. The largest absolute Gasteiger partial charge is 0.494 e. The molecule has 0 spiro atoms. The number of unbranched alkanes of at least 4 members (excludes halogenated alkanes) is 2. The molecule has 3 aromatic rings. The number of ether oxygens (including phenoxy) is 2. The smallest absolute Gasteiger partial charge is 0.346 e. The number of hydrogen-bond donors (Lipinski definition) is 1. The van der Waals surface area contributed by atoms with E-state index in [0.717, 1.165) is 37.0 Å². The van der Waals surface area contributed by atoms with Crippen LogP contribution in [0.15, 0.2) is 72.8 Å². The highest BCUT2D eigenvalue weighted by molar-refractivity contribution is 6.15. The summed E-state index contributed by atoms with van der Waals surface area (Å²) in [5, 5.41) is 2.84. The lowest BCUT2D eigenvalue weighted by Gasteiger charge is -2.09. The topological polar surface area (TPSA) is 81.7 Å². The summed E-state index contributed by atoms with van der Waals surface area (Å²) >= 11 is 0. The van der Waals surface area contributed by atoms with Crippen LogP contribution >= 0.6 is 0 Å². The van der Waals surface area contributed by atoms with Crippen molar-refractivity contribution in [2.45, 2.75) is 32.1 Å². The zero-order valence-electron chi connectivity index (χ0n) is 18.9. The summed E-state index contributed by atoms with van der Waals surface area (Å²) in [6, 6.07) is 22.8. The molecule has 0 saturated carbocycles. The first kappa shape index (κ1) is 23.2. The van der Waals surface area contributed by atoms with Crippen LogP contribution in [0.2, 0.25) is 0 Å². The minimum atomic E-state index is -0.718. The summed E-state index contributed by atoms with van der Waals surface area (Å²) < 4.78 is 10.4. The zero-order valence-corrected chi connectivity index (χ0v) is 18.9. The van der Waals surface area contributed by atoms with E-state index < -0.39 is 11.9 Å². The van der Waals surface area contributed by atoms with Gasteiger partial charge in [-0.2, -0.15) is 0 Å². The number of carbonyl (C=O) groups is 3. The Hall–Kier alpha value is -3.93. The summed E-state index contributed by atoms with van der Waals surface area (Å²) in [6.07, 6.45) is 5.08. The third-order valence-electron chi connectivity index (χ3n) is 5.75. The molecule has 0 radical (unpaired) electrons. The summed E-state index contributed by atoms with van der Waals surface area (Å²) in [4.78, 5) is 35.5. The maximum absolute atomic E-state index is 12.4. The van der Waals surface area contributed by atoms with Crippen LogP contribution in [0, 0.1) is 0 Å². The maximum Gasteiger partial charge on any atom is 0.346 e. The number of aryl methyl sites for hydroxylation is 1. The first-order valence-electron chi connectivity index (χ1n) is 11.5. The molecule has 6 heteroatoms. The fourth-order valence-electron chi connectivity index (χ4n) is 3.84. The van der Waals surface area contributed by atoms with Gasteiger partial charge in [-0.3, -0.25) is 4.79 Å². The molecule has 0 unspecified atom stereocenters. The van der Waals surface area contributed by atoms with Crippen molar-refractivity contribution in [3.63, 3.8) is 0 Å². The van der Waals surface area contributed by atoms with Gasteiger partial charge >= 0.3 is 11.9 Å². The van der Waals surface area contributed by atoms with Crippen LogP contribution < -0.4 is 10.1 Å². The van der Waals surface area contributed by atoms with E-state index in [0.29, 0.717) is 25.1 Å². The van der Waals surface area contributed by atoms with Crippen molar-refractivity contribution in [3.05, 3.63) is 101 Å². The normalized spacial score (nSPS) is 12.2. The molecule has 0 atom stereocenters. The predicted molar refractivity (Wildman–Crippen MR) is 128 cm³/mol. The summed E-state index contributed by atoms with van der Waals surface area (Å²) in [5.41, 5.74) is 3.10. The van der Waals surface area contributed by atoms with Gasteiger partial charge in [-0.1, -0.05) is 42.5 Å². The molecule has 0 aromatic heterocycles. The Balaban J connectivity index is 1.14. The number of amides is 1. The Bertz CT molecular complexity index is 1160. The number of benzene rings is 3. The zero-order chi connectivity index (χ0) is 23.8. The quantitative estimate of drug-likeness (QED) is 0.255. The summed E-state index contributed by atoms with van der Waals surface area (Å²) in [7, 11) is 0. The summed E-state index contributed by atoms with van der Waals surface area (Å²) in [6.45, 7) is 1.14. The molecular weight excluding hydrogens is 430 g/mol. The van der Waals surface area contributed by atoms with E-state index in [1.165, 1.54) is 23.8 Å². The Morgan fingerprint density at radius 1 is 0.765 bits per heavy atom. The van der Waals surface area contributed by atoms with E-state index in [2.05, 4.69) is 34.3 Å². The second-order valence-corrected chi connectivity index (χ2v) is 8.23. The van der Waals surface area contributed by atoms with E-state index in [4.69, 9.17) is 4.74 Å². The number of nitrogens with one attached hydrogen (secondary N) is 1. The van der Waals surface area contributed by atoms with Crippen molar-refractivity contribution in [1.29, 1.82) is 0 Å². The number of rotatable bonds is 11. The molecule has 6 nitrogen and oxygen atoms in total. The third kappa shape index (κ3) is 6.10. The molecule has 0 aliphatic carbocycles. The summed E-state index contributed by atoms with van der Waals surface area (Å²) in [5.74, 6) is -0.857. The van der Waals surface area contributed by atoms with Crippen LogP contribution in [-0.4, -0.2) is 31.0 Å². The molecule has 0 fully saturated rings. The van der Waals surface area contributed by atoms with Crippen LogP contribution in [0.5, 0.6) is 5.75 Å². The van der Waals surface area contributed by atoms with Gasteiger partial charge in [-0.25, -0.2) is 9.59 Å². The van der Waals surface area contributed by atoms with Gasteiger partial charge in [-0.05, 0) is 73.6 Å². The fourth-order valence-corrected chi connectivity index (χ4v) is 3.84. The second-order valence-electron chi connectivity index (χ2n) is 8.23. The molecule has 1 N–H and O–H groups in total. The molecule has 1 heterocycles. The first-order chi connectivity index (χ1) is 16.6. The van der Waals surface area contributed by atoms with Crippen molar-refractivity contribution in [1.82, 2.24) is 5.32 Å². The molecule has 3 aromatic carbocycles. The Morgan fingerprint density at radius 2 is 1.50 bits per heavy atom. The van der Waals surface area contributed by atoms with Gasteiger partial charge in [0.05, 0.1) is 17.7 Å². The van der Waals surface area contributed by atoms with E-state index in [-0.39, 0.29) is 17.0 Å². The lowest BCUT2D eigenvalue weighted by Crippen LogP contribution is -2.25. The van der Waals surface area contributed by atoms with Crippen molar-refractivity contribution < 1.29 is 23.9 Å². The lowest BCUT2D eigenvalue weighted by atomic mass is 10.1. The van der Waals surface area contributed by atoms with Gasteiger partial charge in [-0.15, -0.1) is 0 Å². The van der Waals surface area contributed by atoms with Crippen molar-refractivity contribution in [2.24, 2.45) is 0 Å². The highest BCUT2D eigenvalue weighted by Crippen LogP contribution is 2.21. The Morgan fingerprint density at radius 3 is 2.29 bits per heavy atom. The number of hydrogen-bond acceptors (Lipinski definition) is 5. The number of esters is 2. The Labute approximate surface area is 198 Å². The molecule has 1 aliphatic rings. The average molecular weight is 458 g/mol. The average Bonchev–Trinajstić information content (AvgIpc) is 3.15. The molecule has 1 amide bonds. The molecule has 0 bridgehead atoms. The lowest BCUT2D eigenvalue weighted by molar-refractivity contribution is 0.0443. The molecule has 4 rings (SSSR count). The number of carbonyl (C=O) groups excluding carboxylic acids is 3. The number of cyclic esters (lactones) is 2. The van der Waals surface area contributed by atoms with Crippen molar-refractivity contribution in [2.75, 3.05) is 13.2 Å². The van der Waals surface area contributed by atoms with E-state index in [1.807, 2.05) is 30.3 Å². The molecule has 0 saturated heterocycles. The predicted octanol–water partition coefficient (Wildman–Crippen LogP) is 4.76. The van der Waals surface area contributed by atoms with Gasteiger partial charge in [0.25, 0.3) is 5.91 Å². The maximum atomic E-state index is 12.4. The third-order valence-corrected chi connectivity index (χ3v) is 5.75. The van der Waals surface area contributed by atoms with Crippen LogP contribution in [0.4, 0.5) is 0 Å². The van der Waals surface area contributed by atoms with E-state index in [9.17, 15) is 14.4 Å². The van der Waals surface area contributed by atoms with Gasteiger partial charge in [0.1, 0.15) is 5.75 Å². The van der Waals surface area contributed by atoms with Gasteiger partial charge in [0, 0.05) is 12.1 Å². The minimum Gasteiger partial charge on any atom is -0.494 e. The molecule has 1 aliphatic heterocycles. The van der Waals surface area contributed by atoms with Gasteiger partial charge < -0.3 is 14.8 Å². The molecule has 174 valence electrons. The van der Waals surface area contributed by atoms with Crippen LogP contribution in [0.3, 0.4) is 0 Å². The monoisotopic (exact) mass is 457 g/mol. The standard InChI is InChI=1S/C28H27NO5/c30-26(22-12-15-24-25(19-22)28(32)34-27(24)31)29-17-16-21-10-13-23(14-11-21)33-18-6-2-5-9-20-7-3-1-4-8-20/h1,3-4,7-8,10-15,19H,2,5-6,9,16-18H2,(H,29,30). The Kier molecular flexibility index (Phi) is 7.71. The molecular formula is C28H27NO5. The van der Waals surface area contributed by atoms with Crippen molar-refractivity contribution in [3.8, 4) is 5.75 Å². The van der Waals surface area contributed by atoms with Crippen LogP contribution in [0.25, 0.3) is 0 Å². The SMILES string of the molecule is O=C(NCCc1ccc(OCCCCCc2ccccc2)cc1)c1ccc2c(c1)C(=O)OC2=O. The van der Waals surface area contributed by atoms with Crippen LogP contribution in [-0.2, 0) is 17.6 Å².